The lowest BCUT2D eigenvalue weighted by Crippen LogP contribution is -2.52. The first-order chi connectivity index (χ1) is 10.7. The van der Waals surface area contributed by atoms with Gasteiger partial charge in [-0.1, -0.05) is 18.2 Å². The van der Waals surface area contributed by atoms with Crippen LogP contribution in [0, 0.1) is 0 Å². The third-order valence-electron chi connectivity index (χ3n) is 5.49. The molecule has 4 nitrogen and oxygen atoms in total. The van der Waals surface area contributed by atoms with Crippen LogP contribution in [0.1, 0.15) is 43.7 Å². The molecule has 0 radical (unpaired) electrons. The fraction of sp³-hybridized carbons (Fsp3) is 0.667. The van der Waals surface area contributed by atoms with Gasteiger partial charge in [-0.25, -0.2) is 0 Å². The van der Waals surface area contributed by atoms with Crippen LogP contribution in [0.3, 0.4) is 0 Å². The number of likely N-dealkylation sites (tertiary alicyclic amines) is 1. The van der Waals surface area contributed by atoms with Crippen molar-refractivity contribution >= 4 is 0 Å². The summed E-state index contributed by atoms with van der Waals surface area (Å²) in [6.45, 7) is 4.21. The molecular weight excluding hydrogens is 276 g/mol. The molecule has 4 rings (SSSR count). The second-order valence-corrected chi connectivity index (χ2v) is 7.07. The van der Waals surface area contributed by atoms with E-state index in [-0.39, 0.29) is 11.6 Å². The van der Waals surface area contributed by atoms with E-state index in [1.165, 1.54) is 12.8 Å². The van der Waals surface area contributed by atoms with E-state index in [1.54, 1.807) is 0 Å². The zero-order valence-electron chi connectivity index (χ0n) is 13.2. The first-order valence-electron chi connectivity index (χ1n) is 8.62. The van der Waals surface area contributed by atoms with Crippen molar-refractivity contribution in [2.45, 2.75) is 49.9 Å². The maximum atomic E-state index is 6.41. The number of fused-ring (bicyclic) bond motifs is 1. The summed E-state index contributed by atoms with van der Waals surface area (Å²) in [6, 6.07) is 8.35. The summed E-state index contributed by atoms with van der Waals surface area (Å²) in [6.07, 6.45) is 5.97. The molecule has 0 aromatic heterocycles. The van der Waals surface area contributed by atoms with Gasteiger partial charge in [-0.05, 0) is 31.7 Å². The molecule has 2 fully saturated rings. The Bertz CT molecular complexity index is 520. The number of hydrogen-bond acceptors (Lipinski definition) is 4. The molecule has 22 heavy (non-hydrogen) atoms. The van der Waals surface area contributed by atoms with Crippen LogP contribution in [-0.2, 0) is 4.74 Å². The Labute approximate surface area is 132 Å². The molecule has 120 valence electrons. The van der Waals surface area contributed by atoms with Gasteiger partial charge in [-0.2, -0.15) is 0 Å². The van der Waals surface area contributed by atoms with Crippen LogP contribution in [0.15, 0.2) is 24.3 Å². The summed E-state index contributed by atoms with van der Waals surface area (Å²) in [5, 5.41) is 0. The second-order valence-electron chi connectivity index (χ2n) is 7.07. The summed E-state index contributed by atoms with van der Waals surface area (Å²) in [4.78, 5) is 2.54. The normalized spacial score (nSPS) is 31.0. The van der Waals surface area contributed by atoms with E-state index < -0.39 is 0 Å². The Morgan fingerprint density at radius 1 is 1.23 bits per heavy atom. The Morgan fingerprint density at radius 2 is 2.05 bits per heavy atom. The first kappa shape index (κ1) is 14.5. The molecule has 1 aromatic carbocycles. The summed E-state index contributed by atoms with van der Waals surface area (Å²) in [5.74, 6) is 0.994. The average molecular weight is 302 g/mol. The molecule has 3 aliphatic rings. The molecule has 4 heteroatoms. The molecule has 1 aromatic rings. The van der Waals surface area contributed by atoms with Gasteiger partial charge in [0.15, 0.2) is 0 Å². The zero-order valence-corrected chi connectivity index (χ0v) is 13.2. The number of benzene rings is 1. The largest absolute Gasteiger partial charge is 0.487 e. The van der Waals surface area contributed by atoms with Crippen molar-refractivity contribution in [3.63, 3.8) is 0 Å². The van der Waals surface area contributed by atoms with Crippen LogP contribution in [0.25, 0.3) is 0 Å². The molecule has 3 aliphatic heterocycles. The third kappa shape index (κ3) is 2.75. The number of ether oxygens (including phenoxy) is 2. The Morgan fingerprint density at radius 3 is 2.82 bits per heavy atom. The quantitative estimate of drug-likeness (QED) is 0.912. The predicted molar refractivity (Wildman–Crippen MR) is 86.0 cm³/mol. The highest BCUT2D eigenvalue weighted by Gasteiger charge is 2.42. The van der Waals surface area contributed by atoms with Gasteiger partial charge in [0.2, 0.25) is 0 Å². The fourth-order valence-corrected chi connectivity index (χ4v) is 4.19. The van der Waals surface area contributed by atoms with Crippen molar-refractivity contribution in [2.75, 3.05) is 26.2 Å². The summed E-state index contributed by atoms with van der Waals surface area (Å²) < 4.78 is 12.2. The maximum Gasteiger partial charge on any atom is 0.124 e. The van der Waals surface area contributed by atoms with Crippen molar-refractivity contribution < 1.29 is 9.47 Å². The highest BCUT2D eigenvalue weighted by molar-refractivity contribution is 5.38. The van der Waals surface area contributed by atoms with Gasteiger partial charge in [0.1, 0.15) is 11.4 Å². The van der Waals surface area contributed by atoms with E-state index in [2.05, 4.69) is 17.0 Å². The van der Waals surface area contributed by atoms with Crippen molar-refractivity contribution in [1.82, 2.24) is 4.90 Å². The van der Waals surface area contributed by atoms with Gasteiger partial charge in [0.05, 0.1) is 6.10 Å². The highest BCUT2D eigenvalue weighted by atomic mass is 16.5. The van der Waals surface area contributed by atoms with Crippen molar-refractivity contribution in [3.05, 3.63) is 29.8 Å². The number of hydrogen-bond donors (Lipinski definition) is 1. The van der Waals surface area contributed by atoms with Crippen LogP contribution in [-0.4, -0.2) is 42.8 Å². The lowest BCUT2D eigenvalue weighted by Gasteiger charge is -2.46. The van der Waals surface area contributed by atoms with E-state index in [1.807, 2.05) is 12.1 Å². The van der Waals surface area contributed by atoms with Crippen LogP contribution >= 0.6 is 0 Å². The SMILES string of the molecule is NC1CC2(CCN(CC3CCCO3)CC2)Oc2ccccc21. The van der Waals surface area contributed by atoms with Gasteiger partial charge in [0, 0.05) is 44.3 Å². The molecule has 0 aliphatic carbocycles. The second kappa shape index (κ2) is 5.84. The standard InChI is InChI=1S/C18H26N2O2/c19-16-12-18(22-17-6-2-1-5-15(16)17)7-9-20(10-8-18)13-14-4-3-11-21-14/h1-2,5-6,14,16H,3-4,7-13,19H2. The van der Waals surface area contributed by atoms with Gasteiger partial charge < -0.3 is 20.1 Å². The lowest BCUT2D eigenvalue weighted by molar-refractivity contribution is -0.0319. The Hall–Kier alpha value is -1.10. The topological polar surface area (TPSA) is 47.7 Å². The fourth-order valence-electron chi connectivity index (χ4n) is 4.19. The molecule has 2 saturated heterocycles. The van der Waals surface area contributed by atoms with E-state index >= 15 is 0 Å². The van der Waals surface area contributed by atoms with Gasteiger partial charge in [-0.3, -0.25) is 0 Å². The summed E-state index contributed by atoms with van der Waals surface area (Å²) >= 11 is 0. The Kier molecular flexibility index (Phi) is 3.84. The van der Waals surface area contributed by atoms with Crippen LogP contribution < -0.4 is 10.5 Å². The number of nitrogens with two attached hydrogens (primary N) is 1. The number of nitrogens with zero attached hydrogens (tertiary/aromatic N) is 1. The van der Waals surface area contributed by atoms with Crippen LogP contribution in [0.4, 0.5) is 0 Å². The molecule has 0 bridgehead atoms. The van der Waals surface area contributed by atoms with Crippen LogP contribution in [0.5, 0.6) is 5.75 Å². The number of para-hydroxylation sites is 1. The zero-order chi connectivity index (χ0) is 15.0. The van der Waals surface area contributed by atoms with Gasteiger partial charge in [0.25, 0.3) is 0 Å². The highest BCUT2D eigenvalue weighted by Crippen LogP contribution is 2.43. The van der Waals surface area contributed by atoms with Crippen LogP contribution in [0.2, 0.25) is 0 Å². The molecule has 2 N–H and O–H groups in total. The number of piperidine rings is 1. The monoisotopic (exact) mass is 302 g/mol. The van der Waals surface area contributed by atoms with E-state index in [0.29, 0.717) is 6.10 Å². The third-order valence-corrected chi connectivity index (χ3v) is 5.49. The molecule has 1 spiro atoms. The lowest BCUT2D eigenvalue weighted by atomic mass is 9.81. The van der Waals surface area contributed by atoms with Gasteiger partial charge >= 0.3 is 0 Å². The molecular formula is C18H26N2O2. The summed E-state index contributed by atoms with van der Waals surface area (Å²) in [5.41, 5.74) is 7.51. The molecule has 2 unspecified atom stereocenters. The van der Waals surface area contributed by atoms with Crippen molar-refractivity contribution in [1.29, 1.82) is 0 Å². The van der Waals surface area contributed by atoms with Crippen molar-refractivity contribution in [2.24, 2.45) is 5.73 Å². The smallest absolute Gasteiger partial charge is 0.124 e. The molecule has 0 amide bonds. The van der Waals surface area contributed by atoms with E-state index in [4.69, 9.17) is 15.2 Å². The maximum absolute atomic E-state index is 6.41. The first-order valence-corrected chi connectivity index (χ1v) is 8.62. The van der Waals surface area contributed by atoms with Gasteiger partial charge in [-0.15, -0.1) is 0 Å². The minimum absolute atomic E-state index is 0.0548. The van der Waals surface area contributed by atoms with Crippen molar-refractivity contribution in [3.8, 4) is 5.75 Å². The molecule has 0 saturated carbocycles. The minimum atomic E-state index is -0.0548. The summed E-state index contributed by atoms with van der Waals surface area (Å²) in [7, 11) is 0. The predicted octanol–water partition coefficient (Wildman–Crippen LogP) is 2.48. The van der Waals surface area contributed by atoms with E-state index in [9.17, 15) is 0 Å². The minimum Gasteiger partial charge on any atom is -0.487 e. The molecule has 2 atom stereocenters. The van der Waals surface area contributed by atoms with E-state index in [0.717, 1.165) is 56.8 Å². The average Bonchev–Trinajstić information content (AvgIpc) is 3.03. The Balaban J connectivity index is 1.40. The molecule has 3 heterocycles. The number of rotatable bonds is 2.